The van der Waals surface area contributed by atoms with Crippen molar-refractivity contribution in [1.29, 1.82) is 0 Å². The molecule has 0 unspecified atom stereocenters. The maximum absolute atomic E-state index is 3.69. The quantitative estimate of drug-likeness (QED) is 0.579. The number of hydrogen-bond acceptors (Lipinski definition) is 2. The Morgan fingerprint density at radius 3 is 2.90 bits per heavy atom. The van der Waals surface area contributed by atoms with Crippen LogP contribution < -0.4 is 10.6 Å². The summed E-state index contributed by atoms with van der Waals surface area (Å²) in [6.45, 7) is 6.03. The summed E-state index contributed by atoms with van der Waals surface area (Å²) < 4.78 is 0. The van der Waals surface area contributed by atoms with E-state index in [9.17, 15) is 0 Å². The molecule has 0 aromatic carbocycles. The zero-order valence-electron chi connectivity index (χ0n) is 6.19. The average Bonchev–Trinajstić information content (AvgIpc) is 1.87. The molecule has 2 aliphatic heterocycles. The predicted molar refractivity (Wildman–Crippen MR) is 41.7 cm³/mol. The predicted octanol–water partition coefficient (Wildman–Crippen LogP) is 0.471. The summed E-state index contributed by atoms with van der Waals surface area (Å²) >= 11 is 0. The number of fused-ring (bicyclic) bond motifs is 2. The van der Waals surface area contributed by atoms with Crippen molar-refractivity contribution >= 4 is 0 Å². The Kier molecular flexibility index (Phi) is 1.24. The van der Waals surface area contributed by atoms with Crippen molar-refractivity contribution in [2.45, 2.75) is 18.4 Å². The molecule has 3 rings (SSSR count). The van der Waals surface area contributed by atoms with Crippen LogP contribution in [0, 0.1) is 5.92 Å². The lowest BCUT2D eigenvalue weighted by Gasteiger charge is -2.52. The number of rotatable bonds is 2. The van der Waals surface area contributed by atoms with Crippen molar-refractivity contribution in [2.24, 2.45) is 5.92 Å². The minimum atomic E-state index is 0.394. The van der Waals surface area contributed by atoms with E-state index in [0.29, 0.717) is 5.54 Å². The van der Waals surface area contributed by atoms with Crippen LogP contribution in [0.25, 0.3) is 0 Å². The molecule has 0 spiro atoms. The average molecular weight is 138 g/mol. The fourth-order valence-corrected chi connectivity index (χ4v) is 2.24. The largest absolute Gasteiger partial charge is 0.385 e. The summed E-state index contributed by atoms with van der Waals surface area (Å²) in [5.41, 5.74) is 0.394. The fraction of sp³-hybridized carbons (Fsp3) is 0.750. The van der Waals surface area contributed by atoms with Gasteiger partial charge in [-0.05, 0) is 31.5 Å². The van der Waals surface area contributed by atoms with Gasteiger partial charge in [-0.3, -0.25) is 0 Å². The summed E-state index contributed by atoms with van der Waals surface area (Å²) in [5, 5.41) is 6.73. The normalized spacial score (nSPS) is 43.8. The lowest BCUT2D eigenvalue weighted by Crippen LogP contribution is -2.65. The van der Waals surface area contributed by atoms with E-state index in [2.05, 4.69) is 17.2 Å². The first-order valence-electron chi connectivity index (χ1n) is 3.94. The van der Waals surface area contributed by atoms with Gasteiger partial charge in [0.25, 0.3) is 0 Å². The Hall–Kier alpha value is -0.500. The summed E-state index contributed by atoms with van der Waals surface area (Å²) in [6, 6.07) is 0. The Balaban J connectivity index is 1.98. The monoisotopic (exact) mass is 138 g/mol. The second-order valence-electron chi connectivity index (χ2n) is 3.53. The van der Waals surface area contributed by atoms with Crippen LogP contribution in [-0.2, 0) is 0 Å². The minimum absolute atomic E-state index is 0.394. The van der Waals surface area contributed by atoms with Gasteiger partial charge in [0.05, 0.1) is 0 Å². The van der Waals surface area contributed by atoms with Gasteiger partial charge in [0.1, 0.15) is 0 Å². The van der Waals surface area contributed by atoms with Crippen molar-refractivity contribution in [3.05, 3.63) is 12.8 Å². The number of piperidine rings is 2. The van der Waals surface area contributed by atoms with Crippen molar-refractivity contribution in [3.8, 4) is 0 Å². The molecule has 10 heavy (non-hydrogen) atoms. The maximum Gasteiger partial charge on any atom is 0.0498 e. The topological polar surface area (TPSA) is 24.1 Å². The molecule has 2 nitrogen and oxygen atoms in total. The van der Waals surface area contributed by atoms with E-state index in [1.807, 2.05) is 6.20 Å². The van der Waals surface area contributed by atoms with Crippen molar-refractivity contribution < 1.29 is 0 Å². The van der Waals surface area contributed by atoms with Gasteiger partial charge in [-0.25, -0.2) is 0 Å². The molecule has 3 fully saturated rings. The third-order valence-electron chi connectivity index (χ3n) is 2.66. The second kappa shape index (κ2) is 1.99. The van der Waals surface area contributed by atoms with Gasteiger partial charge in [-0.1, -0.05) is 6.58 Å². The molecular weight excluding hydrogens is 124 g/mol. The Labute approximate surface area is 61.7 Å². The van der Waals surface area contributed by atoms with Crippen molar-refractivity contribution in [1.82, 2.24) is 10.6 Å². The van der Waals surface area contributed by atoms with E-state index in [4.69, 9.17) is 0 Å². The number of hydrogen-bond donors (Lipinski definition) is 2. The van der Waals surface area contributed by atoms with Gasteiger partial charge in [-0.2, -0.15) is 0 Å². The van der Waals surface area contributed by atoms with Crippen LogP contribution in [0.1, 0.15) is 12.8 Å². The van der Waals surface area contributed by atoms with E-state index in [1.165, 1.54) is 19.4 Å². The molecule has 1 saturated carbocycles. The highest BCUT2D eigenvalue weighted by Crippen LogP contribution is 2.39. The van der Waals surface area contributed by atoms with E-state index in [1.54, 1.807) is 0 Å². The van der Waals surface area contributed by atoms with Crippen molar-refractivity contribution in [3.63, 3.8) is 0 Å². The summed E-state index contributed by atoms with van der Waals surface area (Å²) in [5.74, 6) is 0.932. The SMILES string of the molecule is C=CNC12CNCC(C1)C2. The lowest BCUT2D eigenvalue weighted by atomic mass is 9.65. The van der Waals surface area contributed by atoms with Gasteiger partial charge >= 0.3 is 0 Å². The second-order valence-corrected chi connectivity index (χ2v) is 3.53. The molecule has 3 aliphatic rings. The molecule has 2 bridgehead atoms. The first-order chi connectivity index (χ1) is 4.85. The molecule has 0 radical (unpaired) electrons. The molecular formula is C8H14N2. The first kappa shape index (κ1) is 6.23. The van der Waals surface area contributed by atoms with Crippen LogP contribution in [0.5, 0.6) is 0 Å². The van der Waals surface area contributed by atoms with Crippen molar-refractivity contribution in [2.75, 3.05) is 13.1 Å². The zero-order valence-corrected chi connectivity index (χ0v) is 6.19. The summed E-state index contributed by atoms with van der Waals surface area (Å²) in [6.07, 6.45) is 4.50. The maximum atomic E-state index is 3.69. The minimum Gasteiger partial charge on any atom is -0.385 e. The van der Waals surface area contributed by atoms with Gasteiger partial charge in [0.2, 0.25) is 0 Å². The van der Waals surface area contributed by atoms with Crippen LogP contribution in [0.4, 0.5) is 0 Å². The van der Waals surface area contributed by atoms with Crippen LogP contribution >= 0.6 is 0 Å². The van der Waals surface area contributed by atoms with E-state index in [-0.39, 0.29) is 0 Å². The van der Waals surface area contributed by atoms with Crippen LogP contribution in [-0.4, -0.2) is 18.6 Å². The first-order valence-corrected chi connectivity index (χ1v) is 3.94. The van der Waals surface area contributed by atoms with Crippen LogP contribution in [0.15, 0.2) is 12.8 Å². The zero-order chi connectivity index (χ0) is 7.03. The molecule has 0 aromatic rings. The molecule has 1 aliphatic carbocycles. The Morgan fingerprint density at radius 1 is 1.60 bits per heavy atom. The molecule has 2 saturated heterocycles. The molecule has 2 heteroatoms. The molecule has 56 valence electrons. The fourth-order valence-electron chi connectivity index (χ4n) is 2.24. The highest BCUT2D eigenvalue weighted by Gasteiger charge is 2.46. The molecule has 2 N–H and O–H groups in total. The highest BCUT2D eigenvalue weighted by molar-refractivity contribution is 5.08. The van der Waals surface area contributed by atoms with E-state index >= 15 is 0 Å². The standard InChI is InChI=1S/C8H14N2/c1-2-10-8-3-7(4-8)5-9-6-8/h2,7,9-10H,1,3-6H2. The van der Waals surface area contributed by atoms with Gasteiger partial charge < -0.3 is 10.6 Å². The van der Waals surface area contributed by atoms with Crippen LogP contribution in [0.2, 0.25) is 0 Å². The smallest absolute Gasteiger partial charge is 0.0498 e. The van der Waals surface area contributed by atoms with Gasteiger partial charge in [0, 0.05) is 12.1 Å². The highest BCUT2D eigenvalue weighted by atomic mass is 15.1. The molecule has 2 heterocycles. The van der Waals surface area contributed by atoms with E-state index < -0.39 is 0 Å². The summed E-state index contributed by atoms with van der Waals surface area (Å²) in [4.78, 5) is 0. The molecule has 0 amide bonds. The Morgan fingerprint density at radius 2 is 2.40 bits per heavy atom. The van der Waals surface area contributed by atoms with Gasteiger partial charge in [0.15, 0.2) is 0 Å². The summed E-state index contributed by atoms with van der Waals surface area (Å²) in [7, 11) is 0. The third kappa shape index (κ3) is 0.754. The van der Waals surface area contributed by atoms with Gasteiger partial charge in [-0.15, -0.1) is 0 Å². The van der Waals surface area contributed by atoms with Crippen LogP contribution in [0.3, 0.4) is 0 Å². The number of nitrogens with one attached hydrogen (secondary N) is 2. The van der Waals surface area contributed by atoms with E-state index in [0.717, 1.165) is 12.5 Å². The third-order valence-corrected chi connectivity index (χ3v) is 2.66. The molecule has 0 atom stereocenters. The molecule has 0 aromatic heterocycles. The lowest BCUT2D eigenvalue weighted by molar-refractivity contribution is 0.0732. The Bertz CT molecular complexity index is 142.